The second-order valence-corrected chi connectivity index (χ2v) is 4.85. The molecule has 0 amide bonds. The van der Waals surface area contributed by atoms with E-state index < -0.39 is 6.10 Å². The molecule has 2 atom stereocenters. The van der Waals surface area contributed by atoms with Crippen LogP contribution in [0, 0.1) is 0 Å². The summed E-state index contributed by atoms with van der Waals surface area (Å²) < 4.78 is 5.25. The van der Waals surface area contributed by atoms with Gasteiger partial charge in [0.2, 0.25) is 0 Å². The van der Waals surface area contributed by atoms with Crippen LogP contribution >= 0.6 is 0 Å². The van der Waals surface area contributed by atoms with E-state index in [0.29, 0.717) is 12.3 Å². The van der Waals surface area contributed by atoms with Crippen molar-refractivity contribution in [3.63, 3.8) is 0 Å². The molecule has 96 valence electrons. The van der Waals surface area contributed by atoms with Crippen LogP contribution in [0.1, 0.15) is 44.2 Å². The number of hydrogen-bond donors (Lipinski definition) is 1. The van der Waals surface area contributed by atoms with Crippen LogP contribution in [0.4, 0.5) is 0 Å². The van der Waals surface area contributed by atoms with Gasteiger partial charge in [0.05, 0.1) is 12.2 Å². The van der Waals surface area contributed by atoms with Gasteiger partial charge in [0.15, 0.2) is 0 Å². The van der Waals surface area contributed by atoms with Crippen LogP contribution in [0.5, 0.6) is 0 Å². The lowest BCUT2D eigenvalue weighted by Gasteiger charge is -2.20. The number of rotatable bonds is 6. The largest absolute Gasteiger partial charge is 0.390 e. The van der Waals surface area contributed by atoms with Gasteiger partial charge in [0.1, 0.15) is 0 Å². The Morgan fingerprint density at radius 3 is 2.18 bits per heavy atom. The number of aliphatic hydroxyl groups is 1. The molecule has 0 spiro atoms. The summed E-state index contributed by atoms with van der Waals surface area (Å²) in [7, 11) is 1.65. The first kappa shape index (κ1) is 14.2. The van der Waals surface area contributed by atoms with Gasteiger partial charge in [0, 0.05) is 13.5 Å². The molecule has 0 radical (unpaired) electrons. The summed E-state index contributed by atoms with van der Waals surface area (Å²) >= 11 is 0. The first-order chi connectivity index (χ1) is 8.08. The van der Waals surface area contributed by atoms with Gasteiger partial charge in [-0.1, -0.05) is 45.0 Å². The molecular formula is C15H24O2. The Morgan fingerprint density at radius 2 is 1.76 bits per heavy atom. The highest BCUT2D eigenvalue weighted by molar-refractivity contribution is 5.25. The Morgan fingerprint density at radius 1 is 1.18 bits per heavy atom. The van der Waals surface area contributed by atoms with E-state index in [-0.39, 0.29) is 6.10 Å². The summed E-state index contributed by atoms with van der Waals surface area (Å²) in [4.78, 5) is 0. The number of aliphatic hydroxyl groups excluding tert-OH is 1. The van der Waals surface area contributed by atoms with E-state index in [1.807, 2.05) is 6.92 Å². The zero-order chi connectivity index (χ0) is 12.8. The number of methoxy groups -OCH3 is 1. The fourth-order valence-electron chi connectivity index (χ4n) is 2.01. The van der Waals surface area contributed by atoms with Gasteiger partial charge in [-0.2, -0.15) is 0 Å². The maximum atomic E-state index is 10.0. The van der Waals surface area contributed by atoms with E-state index in [0.717, 1.165) is 12.0 Å². The van der Waals surface area contributed by atoms with Crippen LogP contribution in [0.2, 0.25) is 0 Å². The van der Waals surface area contributed by atoms with E-state index in [9.17, 15) is 5.11 Å². The van der Waals surface area contributed by atoms with E-state index in [4.69, 9.17) is 4.74 Å². The minimum Gasteiger partial charge on any atom is -0.390 e. The van der Waals surface area contributed by atoms with E-state index >= 15 is 0 Å². The predicted octanol–water partition coefficient (Wildman–Crippen LogP) is 3.14. The third-order valence-electron chi connectivity index (χ3n) is 3.23. The van der Waals surface area contributed by atoms with Crippen LogP contribution < -0.4 is 0 Å². The zero-order valence-electron chi connectivity index (χ0n) is 11.3. The lowest BCUT2D eigenvalue weighted by Crippen LogP contribution is -2.29. The molecule has 1 aromatic rings. The van der Waals surface area contributed by atoms with E-state index in [1.165, 1.54) is 5.56 Å². The van der Waals surface area contributed by atoms with Gasteiger partial charge in [-0.05, 0) is 23.5 Å². The molecule has 0 saturated heterocycles. The molecule has 0 aromatic heterocycles. The summed E-state index contributed by atoms with van der Waals surface area (Å²) in [5, 5.41) is 10.0. The number of benzene rings is 1. The smallest absolute Gasteiger partial charge is 0.0841 e. The summed E-state index contributed by atoms with van der Waals surface area (Å²) in [6.45, 7) is 6.39. The second-order valence-electron chi connectivity index (χ2n) is 4.85. The maximum Gasteiger partial charge on any atom is 0.0841 e. The summed E-state index contributed by atoms with van der Waals surface area (Å²) in [5.74, 6) is 0.552. The monoisotopic (exact) mass is 236 g/mol. The minimum absolute atomic E-state index is 0.0697. The fraction of sp³-hybridized carbons (Fsp3) is 0.600. The SMILES string of the molecule is CCC(OC)C(O)Cc1ccc(C(C)C)cc1. The molecule has 0 aliphatic carbocycles. The van der Waals surface area contributed by atoms with E-state index in [1.54, 1.807) is 7.11 Å². The van der Waals surface area contributed by atoms with Crippen LogP contribution in [0.25, 0.3) is 0 Å². The summed E-state index contributed by atoms with van der Waals surface area (Å²) in [6, 6.07) is 8.48. The van der Waals surface area contributed by atoms with Crippen molar-refractivity contribution in [2.24, 2.45) is 0 Å². The lowest BCUT2D eigenvalue weighted by molar-refractivity contribution is -0.0128. The Labute approximate surface area is 105 Å². The van der Waals surface area contributed by atoms with Gasteiger partial charge in [0.25, 0.3) is 0 Å². The molecule has 0 aliphatic heterocycles. The molecule has 0 saturated carbocycles. The second kappa shape index (κ2) is 6.77. The number of ether oxygens (including phenoxy) is 1. The topological polar surface area (TPSA) is 29.5 Å². The standard InChI is InChI=1S/C15H24O2/c1-5-15(17-4)14(16)10-12-6-8-13(9-7-12)11(2)3/h6-9,11,14-16H,5,10H2,1-4H3. The van der Waals surface area contributed by atoms with Crippen molar-refractivity contribution in [2.45, 2.75) is 51.7 Å². The average Bonchev–Trinajstić information content (AvgIpc) is 2.31. The van der Waals surface area contributed by atoms with Gasteiger partial charge < -0.3 is 9.84 Å². The summed E-state index contributed by atoms with van der Waals surface area (Å²) in [6.07, 6.45) is 1.00. The average molecular weight is 236 g/mol. The van der Waals surface area contributed by atoms with Gasteiger partial charge in [-0.15, -0.1) is 0 Å². The van der Waals surface area contributed by atoms with Gasteiger partial charge in [-0.3, -0.25) is 0 Å². The minimum atomic E-state index is -0.421. The van der Waals surface area contributed by atoms with Crippen molar-refractivity contribution in [3.05, 3.63) is 35.4 Å². The Balaban J connectivity index is 2.62. The third-order valence-corrected chi connectivity index (χ3v) is 3.23. The molecule has 2 nitrogen and oxygen atoms in total. The first-order valence-corrected chi connectivity index (χ1v) is 6.38. The predicted molar refractivity (Wildman–Crippen MR) is 71.3 cm³/mol. The molecular weight excluding hydrogens is 212 g/mol. The molecule has 0 bridgehead atoms. The van der Waals surface area contributed by atoms with E-state index in [2.05, 4.69) is 38.1 Å². The molecule has 2 heteroatoms. The summed E-state index contributed by atoms with van der Waals surface area (Å²) in [5.41, 5.74) is 2.50. The molecule has 1 N–H and O–H groups in total. The highest BCUT2D eigenvalue weighted by Crippen LogP contribution is 2.16. The van der Waals surface area contributed by atoms with Crippen LogP contribution in [-0.4, -0.2) is 24.4 Å². The quantitative estimate of drug-likeness (QED) is 0.822. The molecule has 1 rings (SSSR count). The Bertz CT molecular complexity index is 312. The highest BCUT2D eigenvalue weighted by atomic mass is 16.5. The van der Waals surface area contributed by atoms with Crippen LogP contribution in [0.15, 0.2) is 24.3 Å². The molecule has 0 heterocycles. The van der Waals surface area contributed by atoms with Crippen molar-refractivity contribution in [3.8, 4) is 0 Å². The maximum absolute atomic E-state index is 10.0. The lowest BCUT2D eigenvalue weighted by atomic mass is 9.98. The van der Waals surface area contributed by atoms with Crippen LogP contribution in [0.3, 0.4) is 0 Å². The Kier molecular flexibility index (Phi) is 5.66. The van der Waals surface area contributed by atoms with Gasteiger partial charge in [-0.25, -0.2) is 0 Å². The number of hydrogen-bond acceptors (Lipinski definition) is 2. The highest BCUT2D eigenvalue weighted by Gasteiger charge is 2.16. The third kappa shape index (κ3) is 4.14. The van der Waals surface area contributed by atoms with Crippen molar-refractivity contribution >= 4 is 0 Å². The zero-order valence-corrected chi connectivity index (χ0v) is 11.3. The van der Waals surface area contributed by atoms with Crippen molar-refractivity contribution in [1.82, 2.24) is 0 Å². The normalized spacial score (nSPS) is 14.9. The fourth-order valence-corrected chi connectivity index (χ4v) is 2.01. The van der Waals surface area contributed by atoms with Crippen molar-refractivity contribution in [1.29, 1.82) is 0 Å². The molecule has 1 aromatic carbocycles. The Hall–Kier alpha value is -0.860. The molecule has 0 aliphatic rings. The molecule has 2 unspecified atom stereocenters. The first-order valence-electron chi connectivity index (χ1n) is 6.38. The molecule has 17 heavy (non-hydrogen) atoms. The van der Waals surface area contributed by atoms with Crippen LogP contribution in [-0.2, 0) is 11.2 Å². The van der Waals surface area contributed by atoms with Gasteiger partial charge >= 0.3 is 0 Å². The van der Waals surface area contributed by atoms with Crippen molar-refractivity contribution < 1.29 is 9.84 Å². The molecule has 0 fully saturated rings. The van der Waals surface area contributed by atoms with Crippen molar-refractivity contribution in [2.75, 3.05) is 7.11 Å².